The largest absolute Gasteiger partial charge is 0.435 e. The molecular formula is C18H21F3N4O. The molecule has 0 N–H and O–H groups in total. The van der Waals surface area contributed by atoms with Crippen molar-refractivity contribution in [2.45, 2.75) is 20.0 Å². The van der Waals surface area contributed by atoms with E-state index < -0.39 is 17.8 Å². The van der Waals surface area contributed by atoms with Crippen LogP contribution in [0.3, 0.4) is 0 Å². The second kappa shape index (κ2) is 7.11. The monoisotopic (exact) mass is 366 g/mol. The molecule has 140 valence electrons. The highest BCUT2D eigenvalue weighted by molar-refractivity contribution is 5.97. The first-order valence-corrected chi connectivity index (χ1v) is 8.56. The molecule has 1 aromatic carbocycles. The maximum absolute atomic E-state index is 13.5. The van der Waals surface area contributed by atoms with Crippen molar-refractivity contribution in [3.63, 3.8) is 0 Å². The zero-order valence-electron chi connectivity index (χ0n) is 14.8. The number of nitrogens with zero attached hydrogens (tertiary/aromatic N) is 4. The van der Waals surface area contributed by atoms with E-state index in [0.717, 1.165) is 6.54 Å². The Bertz CT molecular complexity index is 778. The molecule has 8 heteroatoms. The molecule has 0 atom stereocenters. The maximum atomic E-state index is 13.5. The molecule has 1 saturated heterocycles. The van der Waals surface area contributed by atoms with E-state index in [1.54, 1.807) is 30.3 Å². The van der Waals surface area contributed by atoms with E-state index in [2.05, 4.69) is 10.00 Å². The van der Waals surface area contributed by atoms with Gasteiger partial charge in [-0.1, -0.05) is 25.1 Å². The Morgan fingerprint density at radius 3 is 2.27 bits per heavy atom. The lowest BCUT2D eigenvalue weighted by atomic mass is 10.1. The van der Waals surface area contributed by atoms with Crippen LogP contribution < -0.4 is 0 Å². The van der Waals surface area contributed by atoms with Crippen LogP contribution in [0.25, 0.3) is 5.69 Å². The number of para-hydroxylation sites is 1. The molecule has 0 aliphatic carbocycles. The summed E-state index contributed by atoms with van der Waals surface area (Å²) in [6.07, 6.45) is -4.69. The van der Waals surface area contributed by atoms with E-state index in [4.69, 9.17) is 0 Å². The van der Waals surface area contributed by atoms with Gasteiger partial charge in [0.1, 0.15) is 0 Å². The van der Waals surface area contributed by atoms with Gasteiger partial charge in [-0.2, -0.15) is 18.3 Å². The van der Waals surface area contributed by atoms with Crippen molar-refractivity contribution in [2.24, 2.45) is 0 Å². The van der Waals surface area contributed by atoms with Crippen LogP contribution in [-0.2, 0) is 6.18 Å². The van der Waals surface area contributed by atoms with Gasteiger partial charge in [0.15, 0.2) is 5.69 Å². The predicted molar refractivity (Wildman–Crippen MR) is 91.3 cm³/mol. The summed E-state index contributed by atoms with van der Waals surface area (Å²) in [6, 6.07) is 8.53. The number of benzene rings is 1. The van der Waals surface area contributed by atoms with Crippen LogP contribution in [0.2, 0.25) is 0 Å². The minimum atomic E-state index is -4.69. The van der Waals surface area contributed by atoms with Crippen LogP contribution in [0.1, 0.15) is 28.7 Å². The number of piperazine rings is 1. The number of hydrogen-bond donors (Lipinski definition) is 0. The van der Waals surface area contributed by atoms with Gasteiger partial charge in [0, 0.05) is 26.2 Å². The van der Waals surface area contributed by atoms with Gasteiger partial charge in [0.2, 0.25) is 0 Å². The van der Waals surface area contributed by atoms with Crippen LogP contribution in [0, 0.1) is 6.92 Å². The summed E-state index contributed by atoms with van der Waals surface area (Å²) in [5, 5.41) is 3.73. The molecule has 3 rings (SSSR count). The molecule has 1 aliphatic rings. The molecule has 2 aromatic rings. The topological polar surface area (TPSA) is 41.4 Å². The SMILES string of the molecule is CCN1CCN(C(=O)c2c(C(F)(F)F)nn(-c3ccccc3)c2C)CC1. The number of carbonyl (C=O) groups is 1. The van der Waals surface area contributed by atoms with Crippen LogP contribution in [0.15, 0.2) is 30.3 Å². The highest BCUT2D eigenvalue weighted by atomic mass is 19.4. The molecule has 26 heavy (non-hydrogen) atoms. The second-order valence-electron chi connectivity index (χ2n) is 6.28. The van der Waals surface area contributed by atoms with Crippen molar-refractivity contribution in [2.75, 3.05) is 32.7 Å². The normalized spacial score (nSPS) is 16.1. The number of aromatic nitrogens is 2. The average Bonchev–Trinajstić information content (AvgIpc) is 2.99. The number of likely N-dealkylation sites (N-methyl/N-ethyl adjacent to an activating group) is 1. The van der Waals surface area contributed by atoms with Crippen molar-refractivity contribution in [3.8, 4) is 5.69 Å². The van der Waals surface area contributed by atoms with Crippen molar-refractivity contribution in [3.05, 3.63) is 47.3 Å². The van der Waals surface area contributed by atoms with E-state index >= 15 is 0 Å². The quantitative estimate of drug-likeness (QED) is 0.839. The average molecular weight is 366 g/mol. The fourth-order valence-corrected chi connectivity index (χ4v) is 3.20. The smallest absolute Gasteiger partial charge is 0.336 e. The standard InChI is InChI=1S/C18H21F3N4O/c1-3-23-9-11-24(12-10-23)17(26)15-13(2)25(14-7-5-4-6-8-14)22-16(15)18(19,20)21/h4-8H,3,9-12H2,1-2H3. The molecule has 1 fully saturated rings. The third-order valence-electron chi connectivity index (χ3n) is 4.71. The number of rotatable bonds is 3. The second-order valence-corrected chi connectivity index (χ2v) is 6.28. The summed E-state index contributed by atoms with van der Waals surface area (Å²) < 4.78 is 41.8. The van der Waals surface area contributed by atoms with Gasteiger partial charge in [0.25, 0.3) is 5.91 Å². The lowest BCUT2D eigenvalue weighted by Gasteiger charge is -2.34. The zero-order chi connectivity index (χ0) is 18.9. The molecule has 1 amide bonds. The van der Waals surface area contributed by atoms with Gasteiger partial charge in [0.05, 0.1) is 16.9 Å². The summed E-state index contributed by atoms with van der Waals surface area (Å²) >= 11 is 0. The van der Waals surface area contributed by atoms with E-state index in [1.165, 1.54) is 16.5 Å². The van der Waals surface area contributed by atoms with Crippen molar-refractivity contribution in [1.29, 1.82) is 0 Å². The molecular weight excluding hydrogens is 345 g/mol. The molecule has 2 heterocycles. The number of carbonyl (C=O) groups excluding carboxylic acids is 1. The molecule has 0 bridgehead atoms. The fraction of sp³-hybridized carbons (Fsp3) is 0.444. The predicted octanol–water partition coefficient (Wildman–Crippen LogP) is 2.98. The number of alkyl halides is 3. The van der Waals surface area contributed by atoms with E-state index in [-0.39, 0.29) is 11.3 Å². The molecule has 0 spiro atoms. The Balaban J connectivity index is 2.00. The van der Waals surface area contributed by atoms with Crippen LogP contribution >= 0.6 is 0 Å². The number of halogens is 3. The highest BCUT2D eigenvalue weighted by Gasteiger charge is 2.42. The van der Waals surface area contributed by atoms with E-state index in [0.29, 0.717) is 31.9 Å². The lowest BCUT2D eigenvalue weighted by molar-refractivity contribution is -0.141. The van der Waals surface area contributed by atoms with E-state index in [9.17, 15) is 18.0 Å². The summed E-state index contributed by atoms with van der Waals surface area (Å²) in [7, 11) is 0. The lowest BCUT2D eigenvalue weighted by Crippen LogP contribution is -2.48. The molecule has 1 aromatic heterocycles. The van der Waals surface area contributed by atoms with E-state index in [1.807, 2.05) is 6.92 Å². The van der Waals surface area contributed by atoms with Crippen molar-refractivity contribution >= 4 is 5.91 Å². The molecule has 0 saturated carbocycles. The third-order valence-corrected chi connectivity index (χ3v) is 4.71. The Morgan fingerprint density at radius 1 is 1.12 bits per heavy atom. The molecule has 1 aliphatic heterocycles. The molecule has 0 unspecified atom stereocenters. The highest BCUT2D eigenvalue weighted by Crippen LogP contribution is 2.34. The summed E-state index contributed by atoms with van der Waals surface area (Å²) in [4.78, 5) is 16.5. The maximum Gasteiger partial charge on any atom is 0.435 e. The number of hydrogen-bond acceptors (Lipinski definition) is 3. The number of amides is 1. The van der Waals surface area contributed by atoms with Crippen LogP contribution in [0.4, 0.5) is 13.2 Å². The fourth-order valence-electron chi connectivity index (χ4n) is 3.20. The zero-order valence-corrected chi connectivity index (χ0v) is 14.8. The summed E-state index contributed by atoms with van der Waals surface area (Å²) in [6.45, 7) is 6.55. The molecule has 0 radical (unpaired) electrons. The van der Waals surface area contributed by atoms with Crippen molar-refractivity contribution < 1.29 is 18.0 Å². The Morgan fingerprint density at radius 2 is 1.73 bits per heavy atom. The van der Waals surface area contributed by atoms with Crippen molar-refractivity contribution in [1.82, 2.24) is 19.6 Å². The van der Waals surface area contributed by atoms with Gasteiger partial charge in [-0.3, -0.25) is 4.79 Å². The Labute approximate surface area is 150 Å². The van der Waals surface area contributed by atoms with Crippen LogP contribution in [0.5, 0.6) is 0 Å². The van der Waals surface area contributed by atoms with Gasteiger partial charge in [-0.05, 0) is 25.6 Å². The first-order chi connectivity index (χ1) is 12.3. The minimum Gasteiger partial charge on any atom is -0.336 e. The van der Waals surface area contributed by atoms with Crippen LogP contribution in [-0.4, -0.2) is 58.2 Å². The van der Waals surface area contributed by atoms with Gasteiger partial charge >= 0.3 is 6.18 Å². The minimum absolute atomic E-state index is 0.200. The first-order valence-electron chi connectivity index (χ1n) is 8.56. The van der Waals surface area contributed by atoms with Gasteiger partial charge in [-0.25, -0.2) is 4.68 Å². The summed E-state index contributed by atoms with van der Waals surface area (Å²) in [5.74, 6) is -0.604. The van der Waals surface area contributed by atoms with Gasteiger partial charge < -0.3 is 9.80 Å². The van der Waals surface area contributed by atoms with Gasteiger partial charge in [-0.15, -0.1) is 0 Å². The Kier molecular flexibility index (Phi) is 5.04. The third kappa shape index (κ3) is 3.46. The molecule has 5 nitrogen and oxygen atoms in total. The Hall–Kier alpha value is -2.35. The first kappa shape index (κ1) is 18.4. The summed E-state index contributed by atoms with van der Waals surface area (Å²) in [5.41, 5.74) is -0.787.